The lowest BCUT2D eigenvalue weighted by atomic mass is 9.73. The Morgan fingerprint density at radius 3 is 2.66 bits per heavy atom. The summed E-state index contributed by atoms with van der Waals surface area (Å²) < 4.78 is 5.90. The summed E-state index contributed by atoms with van der Waals surface area (Å²) in [6, 6.07) is 3.60. The van der Waals surface area contributed by atoms with Crippen molar-refractivity contribution < 1.29 is 34.4 Å². The maximum absolute atomic E-state index is 13.2. The number of aryl methyl sites for hydroxylation is 1. The number of benzene rings is 1. The zero-order valence-electron chi connectivity index (χ0n) is 24.0. The molecule has 4 rings (SSSR count). The van der Waals surface area contributed by atoms with E-state index in [0.717, 1.165) is 61.4 Å². The first-order chi connectivity index (χ1) is 19.4. The molecule has 0 saturated carbocycles. The molecule has 0 aromatic heterocycles. The van der Waals surface area contributed by atoms with Gasteiger partial charge in [-0.15, -0.1) is 11.8 Å². The van der Waals surface area contributed by atoms with Crippen LogP contribution in [-0.2, 0) is 16.0 Å². The topological polar surface area (TPSA) is 124 Å². The number of aliphatic hydroxyl groups is 1. The minimum absolute atomic E-state index is 0.00623. The summed E-state index contributed by atoms with van der Waals surface area (Å²) in [6.45, 7) is 11.8. The third-order valence-electron chi connectivity index (χ3n) is 8.05. The Bertz CT molecular complexity index is 1300. The molecule has 1 saturated heterocycles. The van der Waals surface area contributed by atoms with Gasteiger partial charge in [0.2, 0.25) is 5.91 Å². The van der Waals surface area contributed by atoms with Crippen LogP contribution in [0.4, 0.5) is 4.79 Å². The fraction of sp³-hybridized carbons (Fsp3) is 0.516. The highest BCUT2D eigenvalue weighted by Gasteiger charge is 2.57. The Hall–Kier alpha value is -2.69. The maximum atomic E-state index is 13.2. The number of unbranched alkanes of at least 4 members (excludes halogenated alkanes) is 2. The molecule has 0 radical (unpaired) electrons. The Balaban J connectivity index is 1.58. The van der Waals surface area contributed by atoms with Crippen molar-refractivity contribution in [3.05, 3.63) is 57.7 Å². The number of carbonyl (C=O) groups excluding carboxylic acids is 2. The summed E-state index contributed by atoms with van der Waals surface area (Å²) in [5.41, 5.74) is 3.49. The number of aliphatic hydroxyl groups excluding tert-OH is 1. The number of hydrogen-bond acceptors (Lipinski definition) is 8. The molecular formula is C31H39NO7S2. The largest absolute Gasteiger partial charge is 0.507 e. The smallest absolute Gasteiger partial charge is 0.373 e. The average Bonchev–Trinajstić information content (AvgIpc) is 3.21. The van der Waals surface area contributed by atoms with E-state index in [9.17, 15) is 29.7 Å². The lowest BCUT2D eigenvalue weighted by Gasteiger charge is -2.43. The van der Waals surface area contributed by atoms with Crippen LogP contribution in [0.25, 0.3) is 0 Å². The summed E-state index contributed by atoms with van der Waals surface area (Å²) in [5, 5.41) is 29.9. The van der Waals surface area contributed by atoms with Gasteiger partial charge in [0.05, 0.1) is 12.0 Å². The van der Waals surface area contributed by atoms with Crippen molar-refractivity contribution in [1.82, 2.24) is 4.90 Å². The molecule has 1 fully saturated rings. The van der Waals surface area contributed by atoms with Gasteiger partial charge in [0.25, 0.3) is 0 Å². The van der Waals surface area contributed by atoms with E-state index in [1.165, 1.54) is 29.2 Å². The Morgan fingerprint density at radius 2 is 2.02 bits per heavy atom. The van der Waals surface area contributed by atoms with Crippen molar-refractivity contribution in [2.45, 2.75) is 83.6 Å². The lowest BCUT2D eigenvalue weighted by molar-refractivity contribution is -0.156. The van der Waals surface area contributed by atoms with Gasteiger partial charge in [-0.2, -0.15) is 0 Å². The van der Waals surface area contributed by atoms with Gasteiger partial charge in [0, 0.05) is 22.1 Å². The number of rotatable bonds is 11. The van der Waals surface area contributed by atoms with Crippen LogP contribution in [0.2, 0.25) is 0 Å². The van der Waals surface area contributed by atoms with Gasteiger partial charge < -0.3 is 20.1 Å². The second-order valence-corrected chi connectivity index (χ2v) is 13.3. The number of carbonyl (C=O) groups is 3. The highest BCUT2D eigenvalue weighted by molar-refractivity contribution is 8.14. The molecule has 41 heavy (non-hydrogen) atoms. The van der Waals surface area contributed by atoms with Crippen LogP contribution in [0.3, 0.4) is 0 Å². The van der Waals surface area contributed by atoms with Gasteiger partial charge >= 0.3 is 11.3 Å². The van der Waals surface area contributed by atoms with Crippen LogP contribution in [-0.4, -0.2) is 54.6 Å². The molecule has 0 spiro atoms. The average molecular weight is 602 g/mol. The normalized spacial score (nSPS) is 24.5. The number of ether oxygens (including phenoxy) is 1. The molecule has 8 nitrogen and oxygen atoms in total. The minimum Gasteiger partial charge on any atom is -0.507 e. The molecule has 0 bridgehead atoms. The lowest BCUT2D eigenvalue weighted by Crippen LogP contribution is -2.60. The monoisotopic (exact) mass is 601 g/mol. The van der Waals surface area contributed by atoms with Crippen molar-refractivity contribution in [1.29, 1.82) is 0 Å². The first-order valence-corrected chi connectivity index (χ1v) is 16.0. The van der Waals surface area contributed by atoms with Gasteiger partial charge in [-0.25, -0.2) is 9.59 Å². The zero-order valence-corrected chi connectivity index (χ0v) is 25.6. The number of amides is 1. The van der Waals surface area contributed by atoms with Gasteiger partial charge in [-0.05, 0) is 81.8 Å². The number of hydrogen-bond donors (Lipinski definition) is 3. The first kappa shape index (κ1) is 31.3. The Labute approximate surface area is 249 Å². The minimum atomic E-state index is -1.25. The number of fused-ring (bicyclic) bond motifs is 1. The second-order valence-electron chi connectivity index (χ2n) is 11.2. The van der Waals surface area contributed by atoms with Crippen LogP contribution < -0.4 is 4.74 Å². The van der Waals surface area contributed by atoms with E-state index in [0.29, 0.717) is 16.2 Å². The van der Waals surface area contributed by atoms with Crippen LogP contribution >= 0.6 is 23.5 Å². The van der Waals surface area contributed by atoms with E-state index >= 15 is 0 Å². The number of carboxylic acid groups (broad SMARTS) is 1. The third kappa shape index (κ3) is 6.54. The van der Waals surface area contributed by atoms with Crippen molar-refractivity contribution >= 4 is 40.7 Å². The standard InChI is InChI=1S/C31H39NO7S2/c1-6-7-8-9-19-13-22(34)26(21-12-17(4)10-11-20(21)16(2)3)23(14-19)39-31(38)40-15-24-27(30(36)37)32-28(35)25(18(5)33)29(32)41-24/h12-14,18,20-21,25,29,33-34H,2,6-11,15H2,1,3-5H3,(H,36,37)/t18-,20+,21-,25+,29-/m1/s1. The second kappa shape index (κ2) is 13.1. The number of allylic oxidation sites excluding steroid dienone is 3. The van der Waals surface area contributed by atoms with Gasteiger partial charge in [-0.3, -0.25) is 9.69 Å². The molecule has 1 aliphatic carbocycles. The number of phenolic OH excluding ortho intramolecular Hbond substituents is 1. The number of aliphatic carboxylic acids is 1. The summed E-state index contributed by atoms with van der Waals surface area (Å²) >= 11 is 2.00. The molecule has 10 heteroatoms. The number of aromatic hydroxyl groups is 1. The van der Waals surface area contributed by atoms with Gasteiger partial charge in [0.1, 0.15) is 22.6 Å². The van der Waals surface area contributed by atoms with Gasteiger partial charge in [-0.1, -0.05) is 43.6 Å². The molecule has 2 heterocycles. The molecule has 5 atom stereocenters. The fourth-order valence-corrected chi connectivity index (χ4v) is 8.29. The van der Waals surface area contributed by atoms with E-state index in [1.54, 1.807) is 6.07 Å². The number of phenols is 1. The van der Waals surface area contributed by atoms with E-state index < -0.39 is 34.6 Å². The van der Waals surface area contributed by atoms with Crippen molar-refractivity contribution in [3.63, 3.8) is 0 Å². The van der Waals surface area contributed by atoms with E-state index in [1.807, 2.05) is 13.0 Å². The zero-order chi connectivity index (χ0) is 30.0. The number of nitrogens with zero attached hydrogens (tertiary/aromatic N) is 1. The van der Waals surface area contributed by atoms with Gasteiger partial charge in [0.15, 0.2) is 0 Å². The quantitative estimate of drug-likeness (QED) is 0.112. The Morgan fingerprint density at radius 1 is 1.29 bits per heavy atom. The van der Waals surface area contributed by atoms with Crippen molar-refractivity contribution in [2.24, 2.45) is 11.8 Å². The molecule has 3 N–H and O–H groups in total. The fourth-order valence-electron chi connectivity index (χ4n) is 5.92. The molecule has 222 valence electrons. The summed E-state index contributed by atoms with van der Waals surface area (Å²) in [5.74, 6) is -2.08. The molecule has 2 aliphatic heterocycles. The highest BCUT2D eigenvalue weighted by atomic mass is 32.2. The van der Waals surface area contributed by atoms with Crippen LogP contribution in [0, 0.1) is 11.8 Å². The van der Waals surface area contributed by atoms with Crippen LogP contribution in [0.15, 0.2) is 46.5 Å². The maximum Gasteiger partial charge on any atom is 0.373 e. The molecule has 1 amide bonds. The number of β-lactam (4-membered cyclic amide) rings is 1. The third-order valence-corrected chi connectivity index (χ3v) is 10.4. The van der Waals surface area contributed by atoms with Crippen LogP contribution in [0.5, 0.6) is 11.5 Å². The molecule has 0 unspecified atom stereocenters. The van der Waals surface area contributed by atoms with E-state index in [4.69, 9.17) is 4.74 Å². The molecule has 1 aromatic rings. The number of carboxylic acids is 1. The number of thioether (sulfide) groups is 2. The summed E-state index contributed by atoms with van der Waals surface area (Å²) in [7, 11) is 0. The Kier molecular flexibility index (Phi) is 9.97. The molecule has 3 aliphatic rings. The molecular weight excluding hydrogens is 562 g/mol. The van der Waals surface area contributed by atoms with Crippen LogP contribution in [0.1, 0.15) is 76.8 Å². The SMILES string of the molecule is C=C(C)[C@@H]1CCC(C)=C[C@H]1c1c(O)cc(CCCCC)cc1OC(=O)SCC1=C(C(=O)O)N2C(=O)[C@H]([C@@H](C)O)[C@H]2S1. The summed E-state index contributed by atoms with van der Waals surface area (Å²) in [6.07, 6.45) is 6.83. The predicted octanol–water partition coefficient (Wildman–Crippen LogP) is 6.58. The summed E-state index contributed by atoms with van der Waals surface area (Å²) in [4.78, 5) is 39.2. The first-order valence-electron chi connectivity index (χ1n) is 14.1. The molecule has 1 aromatic carbocycles. The van der Waals surface area contributed by atoms with Crippen molar-refractivity contribution in [3.8, 4) is 11.5 Å². The van der Waals surface area contributed by atoms with E-state index in [-0.39, 0.29) is 29.0 Å². The predicted molar refractivity (Wildman–Crippen MR) is 162 cm³/mol. The van der Waals surface area contributed by atoms with Crippen molar-refractivity contribution in [2.75, 3.05) is 5.75 Å². The highest BCUT2D eigenvalue weighted by Crippen LogP contribution is 2.51. The van der Waals surface area contributed by atoms with E-state index in [2.05, 4.69) is 26.5 Å².